The molecule has 1 saturated heterocycles. The smallest absolute Gasteiger partial charge is 0.251 e. The fourth-order valence-electron chi connectivity index (χ4n) is 6.47. The number of aromatic nitrogens is 5. The maximum Gasteiger partial charge on any atom is 0.251 e. The van der Waals surface area contributed by atoms with Gasteiger partial charge in [-0.15, -0.1) is 10.2 Å². The Bertz CT molecular complexity index is 1610. The summed E-state index contributed by atoms with van der Waals surface area (Å²) in [6, 6.07) is 16.3. The highest BCUT2D eigenvalue weighted by Crippen LogP contribution is 2.32. The van der Waals surface area contributed by atoms with Crippen LogP contribution in [0, 0.1) is 18.8 Å². The first-order valence-electron chi connectivity index (χ1n) is 16.1. The predicted molar refractivity (Wildman–Crippen MR) is 178 cm³/mol. The molecule has 6 N–H and O–H groups in total. The molecule has 3 heterocycles. The molecular weight excluding hydrogens is 580 g/mol. The maximum atomic E-state index is 14.0. The van der Waals surface area contributed by atoms with Crippen molar-refractivity contribution in [3.05, 3.63) is 71.9 Å². The van der Waals surface area contributed by atoms with Crippen LogP contribution in [0.1, 0.15) is 36.8 Å². The number of pyridine rings is 1. The molecule has 0 spiro atoms. The summed E-state index contributed by atoms with van der Waals surface area (Å²) in [5.74, 6) is 0.941. The first kappa shape index (κ1) is 31.5. The van der Waals surface area contributed by atoms with E-state index in [1.54, 1.807) is 24.3 Å². The lowest BCUT2D eigenvalue weighted by molar-refractivity contribution is -0.130. The number of tetrazole rings is 1. The Labute approximate surface area is 268 Å². The second-order valence-electron chi connectivity index (χ2n) is 12.3. The molecule has 12 nitrogen and oxygen atoms in total. The molecule has 12 heteroatoms. The number of H-pyrrole nitrogens is 1. The Morgan fingerprint density at radius 1 is 1.00 bits per heavy atom. The highest BCUT2D eigenvalue weighted by atomic mass is 16.2. The van der Waals surface area contributed by atoms with Crippen LogP contribution in [0.5, 0.6) is 0 Å². The molecule has 1 aliphatic carbocycles. The van der Waals surface area contributed by atoms with E-state index < -0.39 is 11.9 Å². The molecule has 2 fully saturated rings. The van der Waals surface area contributed by atoms with E-state index in [-0.39, 0.29) is 11.8 Å². The molecule has 0 bridgehead atoms. The Morgan fingerprint density at radius 3 is 2.33 bits per heavy atom. The maximum absolute atomic E-state index is 14.0. The quantitative estimate of drug-likeness (QED) is 0.217. The molecule has 46 heavy (non-hydrogen) atoms. The van der Waals surface area contributed by atoms with Gasteiger partial charge in [-0.1, -0.05) is 24.3 Å². The van der Waals surface area contributed by atoms with Crippen molar-refractivity contribution in [2.75, 3.05) is 42.5 Å². The topological polar surface area (TPSA) is 172 Å². The molecule has 1 aliphatic heterocycles. The molecule has 2 aliphatic rings. The number of hydrogen-bond donors (Lipinski definition) is 4. The number of carbonyl (C=O) groups is 2. The lowest BCUT2D eigenvalue weighted by Crippen LogP contribution is -2.50. The van der Waals surface area contributed by atoms with Crippen molar-refractivity contribution >= 4 is 23.3 Å². The number of nitrogens with one attached hydrogen (secondary N) is 2. The summed E-state index contributed by atoms with van der Waals surface area (Å²) < 4.78 is 0. The molecule has 1 saturated carbocycles. The molecule has 1 atom stereocenters. The average molecular weight is 623 g/mol. The molecular formula is C34H42N10O2. The number of rotatable bonds is 9. The molecule has 6 rings (SSSR count). The third kappa shape index (κ3) is 6.99. The van der Waals surface area contributed by atoms with E-state index in [0.29, 0.717) is 48.8 Å². The lowest BCUT2D eigenvalue weighted by Gasteiger charge is -2.32. The van der Waals surface area contributed by atoms with Gasteiger partial charge in [0, 0.05) is 49.4 Å². The Morgan fingerprint density at radius 2 is 1.70 bits per heavy atom. The zero-order chi connectivity index (χ0) is 32.0. The Balaban J connectivity index is 1.17. The fraction of sp³-hybridized carbons (Fsp3) is 0.412. The highest BCUT2D eigenvalue weighted by Gasteiger charge is 2.35. The van der Waals surface area contributed by atoms with Crippen molar-refractivity contribution in [3.8, 4) is 22.5 Å². The van der Waals surface area contributed by atoms with Crippen LogP contribution < -0.4 is 26.6 Å². The van der Waals surface area contributed by atoms with Gasteiger partial charge in [-0.2, -0.15) is 5.21 Å². The van der Waals surface area contributed by atoms with E-state index >= 15 is 0 Å². The Kier molecular flexibility index (Phi) is 9.76. The molecule has 4 aromatic rings. The summed E-state index contributed by atoms with van der Waals surface area (Å²) in [5, 5.41) is 17.5. The van der Waals surface area contributed by atoms with Gasteiger partial charge in [-0.3, -0.25) is 9.59 Å². The summed E-state index contributed by atoms with van der Waals surface area (Å²) in [5.41, 5.74) is 17.8. The average Bonchev–Trinajstić information content (AvgIpc) is 3.65. The molecule has 240 valence electrons. The van der Waals surface area contributed by atoms with Crippen LogP contribution in [0.15, 0.2) is 60.8 Å². The number of carbonyl (C=O) groups excluding carboxylic acids is 2. The van der Waals surface area contributed by atoms with Crippen LogP contribution in [0.2, 0.25) is 0 Å². The number of aryl methyl sites for hydroxylation is 1. The van der Waals surface area contributed by atoms with Crippen molar-refractivity contribution in [3.63, 3.8) is 0 Å². The van der Waals surface area contributed by atoms with E-state index in [4.69, 9.17) is 16.5 Å². The number of nitrogens with zero attached hydrogens (tertiary/aromatic N) is 6. The first-order chi connectivity index (χ1) is 22.4. The number of amides is 2. The minimum Gasteiger partial charge on any atom is -0.354 e. The lowest BCUT2D eigenvalue weighted by atomic mass is 9.81. The summed E-state index contributed by atoms with van der Waals surface area (Å²) >= 11 is 0. The van der Waals surface area contributed by atoms with Gasteiger partial charge in [0.05, 0.1) is 11.7 Å². The van der Waals surface area contributed by atoms with E-state index in [9.17, 15) is 9.59 Å². The number of anilines is 2. The van der Waals surface area contributed by atoms with Crippen molar-refractivity contribution in [1.82, 2.24) is 30.9 Å². The number of hydrogen-bond acceptors (Lipinski definition) is 10. The number of nitrogens with two attached hydrogens (primary N) is 2. The van der Waals surface area contributed by atoms with E-state index in [0.717, 1.165) is 67.1 Å². The van der Waals surface area contributed by atoms with Gasteiger partial charge in [0.15, 0.2) is 0 Å². The predicted octanol–water partition coefficient (Wildman–Crippen LogP) is 2.84. The number of imide groups is 1. The standard InChI is InChI=1S/C34H42N10O2/c1-22-18-31(43-16-14-37-15-17-43)38-21-29(22)25-6-2-23(3-7-25)19-30(36)34(46)44(33(45)27-8-4-24(20-35)5-9-27)28-12-10-26(11-13-28)32-39-41-42-40-32/h2-3,6-7,10-13,18,21,24,27,30,37H,4-5,8-9,14-17,19-20,35-36H2,1H3,(H,39,40,41,42)/t24?,27?,30-/m0/s1. The van der Waals surface area contributed by atoms with Gasteiger partial charge in [0.1, 0.15) is 5.82 Å². The van der Waals surface area contributed by atoms with Crippen LogP contribution in [-0.4, -0.2) is 76.2 Å². The van der Waals surface area contributed by atoms with Gasteiger partial charge < -0.3 is 21.7 Å². The van der Waals surface area contributed by atoms with E-state index in [1.807, 2.05) is 30.5 Å². The number of piperazine rings is 1. The molecule has 2 aromatic heterocycles. The SMILES string of the molecule is Cc1cc(N2CCNCC2)ncc1-c1ccc(C[C@H](N)C(=O)N(C(=O)C2CCC(CN)CC2)c2ccc(-c3nn[nH]n3)cc2)cc1. The summed E-state index contributed by atoms with van der Waals surface area (Å²) in [6.07, 6.45) is 5.38. The first-order valence-corrected chi connectivity index (χ1v) is 16.1. The van der Waals surface area contributed by atoms with Gasteiger partial charge in [0.25, 0.3) is 5.91 Å². The second-order valence-corrected chi connectivity index (χ2v) is 12.3. The van der Waals surface area contributed by atoms with Crippen LogP contribution in [0.25, 0.3) is 22.5 Å². The van der Waals surface area contributed by atoms with Crippen molar-refractivity contribution in [2.24, 2.45) is 23.3 Å². The monoisotopic (exact) mass is 622 g/mol. The van der Waals surface area contributed by atoms with Crippen LogP contribution in [0.3, 0.4) is 0 Å². The molecule has 0 unspecified atom stereocenters. The summed E-state index contributed by atoms with van der Waals surface area (Å²) in [7, 11) is 0. The van der Waals surface area contributed by atoms with Crippen molar-refractivity contribution < 1.29 is 9.59 Å². The zero-order valence-electron chi connectivity index (χ0n) is 26.2. The number of aromatic amines is 1. The molecule has 2 aromatic carbocycles. The van der Waals surface area contributed by atoms with Crippen molar-refractivity contribution in [2.45, 2.75) is 45.1 Å². The molecule has 2 amide bonds. The summed E-state index contributed by atoms with van der Waals surface area (Å²) in [4.78, 5) is 36.2. The molecule has 0 radical (unpaired) electrons. The minimum atomic E-state index is -0.909. The third-order valence-corrected chi connectivity index (χ3v) is 9.27. The van der Waals surface area contributed by atoms with E-state index in [1.165, 1.54) is 4.90 Å². The van der Waals surface area contributed by atoms with Crippen molar-refractivity contribution in [1.29, 1.82) is 0 Å². The van der Waals surface area contributed by atoms with Gasteiger partial charge >= 0.3 is 0 Å². The van der Waals surface area contributed by atoms with E-state index in [2.05, 4.69) is 43.8 Å². The highest BCUT2D eigenvalue weighted by molar-refractivity contribution is 6.17. The van der Waals surface area contributed by atoms with Gasteiger partial charge in [-0.05, 0) is 104 Å². The normalized spacial score (nSPS) is 19.1. The second kappa shape index (κ2) is 14.3. The Hall–Kier alpha value is -4.52. The summed E-state index contributed by atoms with van der Waals surface area (Å²) in [6.45, 7) is 6.54. The van der Waals surface area contributed by atoms with Gasteiger partial charge in [0.2, 0.25) is 11.7 Å². The largest absolute Gasteiger partial charge is 0.354 e. The minimum absolute atomic E-state index is 0.217. The van der Waals surface area contributed by atoms with Crippen LogP contribution in [-0.2, 0) is 16.0 Å². The van der Waals surface area contributed by atoms with Crippen LogP contribution >= 0.6 is 0 Å². The van der Waals surface area contributed by atoms with Crippen LogP contribution in [0.4, 0.5) is 11.5 Å². The number of benzene rings is 2. The van der Waals surface area contributed by atoms with Gasteiger partial charge in [-0.25, -0.2) is 9.88 Å². The zero-order valence-corrected chi connectivity index (χ0v) is 26.2. The third-order valence-electron chi connectivity index (χ3n) is 9.27. The fourth-order valence-corrected chi connectivity index (χ4v) is 6.47.